The van der Waals surface area contributed by atoms with Gasteiger partial charge in [0.2, 0.25) is 0 Å². The van der Waals surface area contributed by atoms with Gasteiger partial charge in [-0.25, -0.2) is 0 Å². The lowest BCUT2D eigenvalue weighted by Gasteiger charge is -2.54. The summed E-state index contributed by atoms with van der Waals surface area (Å²) >= 11 is 0. The van der Waals surface area contributed by atoms with E-state index in [-0.39, 0.29) is 34.4 Å². The highest BCUT2D eigenvalue weighted by molar-refractivity contribution is 7.46. The zero-order valence-electron chi connectivity index (χ0n) is 18.6. The summed E-state index contributed by atoms with van der Waals surface area (Å²) in [7, 11) is 1.28. The van der Waals surface area contributed by atoms with Crippen molar-refractivity contribution in [1.29, 1.82) is 0 Å². The quantitative estimate of drug-likeness (QED) is 0.685. The molecule has 0 aromatic heterocycles. The van der Waals surface area contributed by atoms with Crippen LogP contribution < -0.4 is 0 Å². The highest BCUT2D eigenvalue weighted by Gasteiger charge is 2.47. The minimum Gasteiger partial charge on any atom is -0.331 e. The van der Waals surface area contributed by atoms with Crippen molar-refractivity contribution in [2.24, 2.45) is 0 Å². The van der Waals surface area contributed by atoms with Crippen molar-refractivity contribution >= 4 is 8.38 Å². The largest absolute Gasteiger partial charge is 0.331 e. The molecule has 0 saturated carbocycles. The van der Waals surface area contributed by atoms with Gasteiger partial charge in [-0.2, -0.15) is 5.06 Å². The van der Waals surface area contributed by atoms with Crippen molar-refractivity contribution in [1.82, 2.24) is 9.96 Å². The lowest BCUT2D eigenvalue weighted by Crippen LogP contribution is -2.60. The first-order valence-corrected chi connectivity index (χ1v) is 11.5. The first kappa shape index (κ1) is 22.5. The van der Waals surface area contributed by atoms with Crippen LogP contribution in [-0.2, 0) is 9.05 Å². The third-order valence-electron chi connectivity index (χ3n) is 6.47. The van der Waals surface area contributed by atoms with E-state index in [2.05, 4.69) is 74.0 Å². The third kappa shape index (κ3) is 4.79. The molecular formula is C20H41N2O3P. The predicted molar refractivity (Wildman–Crippen MR) is 109 cm³/mol. The van der Waals surface area contributed by atoms with Gasteiger partial charge in [-0.1, -0.05) is 0 Å². The second-order valence-corrected chi connectivity index (χ2v) is 12.1. The summed E-state index contributed by atoms with van der Waals surface area (Å²) in [6.07, 6.45) is 4.02. The molecule has 2 aliphatic rings. The molecule has 2 saturated heterocycles. The lowest BCUT2D eigenvalue weighted by molar-refractivity contribution is -0.255. The van der Waals surface area contributed by atoms with Crippen molar-refractivity contribution in [2.45, 2.75) is 115 Å². The minimum absolute atomic E-state index is 0.117. The number of hydrogen-bond donors (Lipinski definition) is 1. The van der Waals surface area contributed by atoms with Gasteiger partial charge >= 0.3 is 0 Å². The molecule has 0 aromatic carbocycles. The second kappa shape index (κ2) is 7.24. The fourth-order valence-corrected chi connectivity index (χ4v) is 6.24. The molecule has 26 heavy (non-hydrogen) atoms. The van der Waals surface area contributed by atoms with E-state index >= 15 is 0 Å². The molecule has 2 aliphatic heterocycles. The van der Waals surface area contributed by atoms with Crippen LogP contribution in [0, 0.1) is 0 Å². The van der Waals surface area contributed by atoms with Gasteiger partial charge in [-0.05, 0) is 88.1 Å². The molecule has 0 amide bonds. The number of likely N-dealkylation sites (tertiary alicyclic amines) is 1. The number of rotatable bonds is 4. The van der Waals surface area contributed by atoms with E-state index < -0.39 is 8.38 Å². The van der Waals surface area contributed by atoms with Crippen LogP contribution in [0.3, 0.4) is 0 Å². The summed E-state index contributed by atoms with van der Waals surface area (Å²) in [6.45, 7) is 19.6. The molecule has 0 spiro atoms. The topological polar surface area (TPSA) is 45.2 Å². The lowest BCUT2D eigenvalue weighted by atomic mass is 9.79. The van der Waals surface area contributed by atoms with Crippen molar-refractivity contribution in [2.75, 3.05) is 13.7 Å². The molecule has 2 fully saturated rings. The summed E-state index contributed by atoms with van der Waals surface area (Å²) in [6, 6.07) is 0. The molecule has 1 N–H and O–H groups in total. The summed E-state index contributed by atoms with van der Waals surface area (Å²) in [5.74, 6) is 0. The Hall–Kier alpha value is 0.230. The van der Waals surface area contributed by atoms with Gasteiger partial charge in [-0.15, -0.1) is 0 Å². The van der Waals surface area contributed by atoms with Crippen molar-refractivity contribution in [3.8, 4) is 0 Å². The highest BCUT2D eigenvalue weighted by Crippen LogP contribution is 2.48. The zero-order chi connectivity index (χ0) is 20.1. The van der Waals surface area contributed by atoms with Crippen molar-refractivity contribution in [3.05, 3.63) is 0 Å². The predicted octanol–water partition coefficient (Wildman–Crippen LogP) is 5.02. The number of hydrogen-bond acceptors (Lipinski definition) is 5. The van der Waals surface area contributed by atoms with Crippen LogP contribution in [-0.4, -0.2) is 63.2 Å². The van der Waals surface area contributed by atoms with Crippen LogP contribution in [0.5, 0.6) is 0 Å². The summed E-state index contributed by atoms with van der Waals surface area (Å²) in [5.41, 5.74) is -0.343. The molecule has 0 radical (unpaired) electrons. The fraction of sp³-hybridized carbons (Fsp3) is 1.00. The SMILES string of the molecule is CN1C(C)(C)CC(OP(C)OC2CC(C)(C)N(O)C(C)(C)C2)CC1(C)C. The number of nitrogens with zero attached hydrogens (tertiary/aromatic N) is 2. The Kier molecular flexibility index (Phi) is 6.27. The molecule has 154 valence electrons. The molecular weight excluding hydrogens is 347 g/mol. The van der Waals surface area contributed by atoms with Gasteiger partial charge < -0.3 is 14.3 Å². The molecule has 0 aliphatic carbocycles. The van der Waals surface area contributed by atoms with Crippen molar-refractivity contribution < 1.29 is 14.3 Å². The molecule has 0 aromatic rings. The maximum Gasteiger partial charge on any atom is 0.167 e. The van der Waals surface area contributed by atoms with Crippen LogP contribution in [0.4, 0.5) is 0 Å². The molecule has 2 heterocycles. The monoisotopic (exact) mass is 388 g/mol. The molecule has 0 bridgehead atoms. The summed E-state index contributed by atoms with van der Waals surface area (Å²) < 4.78 is 12.8. The molecule has 5 nitrogen and oxygen atoms in total. The Bertz CT molecular complexity index is 427. The van der Waals surface area contributed by atoms with E-state index in [9.17, 15) is 5.21 Å². The van der Waals surface area contributed by atoms with Crippen LogP contribution in [0.15, 0.2) is 0 Å². The van der Waals surface area contributed by atoms with E-state index in [4.69, 9.17) is 9.05 Å². The van der Waals surface area contributed by atoms with E-state index in [1.807, 2.05) is 0 Å². The van der Waals surface area contributed by atoms with E-state index in [0.29, 0.717) is 0 Å². The van der Waals surface area contributed by atoms with Gasteiger partial charge in [-0.3, -0.25) is 4.90 Å². The first-order chi connectivity index (χ1) is 11.6. The molecule has 6 heteroatoms. The Morgan fingerprint density at radius 3 is 1.38 bits per heavy atom. The van der Waals surface area contributed by atoms with Crippen LogP contribution in [0.25, 0.3) is 0 Å². The average molecular weight is 389 g/mol. The Morgan fingerprint density at radius 2 is 1.04 bits per heavy atom. The van der Waals surface area contributed by atoms with Gasteiger partial charge in [0.25, 0.3) is 0 Å². The zero-order valence-corrected chi connectivity index (χ0v) is 19.5. The normalized spacial score (nSPS) is 31.0. The number of hydroxylamine groups is 2. The number of piperidine rings is 2. The van der Waals surface area contributed by atoms with Gasteiger partial charge in [0.05, 0.1) is 12.2 Å². The molecule has 1 atom stereocenters. The van der Waals surface area contributed by atoms with Crippen molar-refractivity contribution in [3.63, 3.8) is 0 Å². The second-order valence-electron chi connectivity index (χ2n) is 10.8. The van der Waals surface area contributed by atoms with E-state index in [1.54, 1.807) is 0 Å². The average Bonchev–Trinajstić information content (AvgIpc) is 2.40. The summed E-state index contributed by atoms with van der Waals surface area (Å²) in [4.78, 5) is 2.47. The van der Waals surface area contributed by atoms with Crippen LogP contribution in [0.2, 0.25) is 0 Å². The molecule has 1 unspecified atom stereocenters. The fourth-order valence-electron chi connectivity index (χ4n) is 5.05. The smallest absolute Gasteiger partial charge is 0.167 e. The first-order valence-electron chi connectivity index (χ1n) is 9.87. The van der Waals surface area contributed by atoms with Gasteiger partial charge in [0.15, 0.2) is 8.38 Å². The van der Waals surface area contributed by atoms with Gasteiger partial charge in [0.1, 0.15) is 0 Å². The maximum absolute atomic E-state index is 10.5. The standard InChI is InChI=1S/C20H41N2O3P/c1-17(2)11-15(12-18(3,4)21(17)9)24-26(10)25-16-13-19(5,6)22(23)20(7,8)14-16/h15-16,23H,11-14H2,1-10H3. The van der Waals surface area contributed by atoms with Gasteiger partial charge in [0, 0.05) is 28.8 Å². The summed E-state index contributed by atoms with van der Waals surface area (Å²) in [5, 5.41) is 12.0. The third-order valence-corrected chi connectivity index (χ3v) is 7.66. The Balaban J connectivity index is 1.98. The minimum atomic E-state index is -0.939. The Morgan fingerprint density at radius 1 is 0.731 bits per heavy atom. The maximum atomic E-state index is 10.5. The van der Waals surface area contributed by atoms with Crippen LogP contribution in [0.1, 0.15) is 81.1 Å². The Labute approximate surface area is 162 Å². The van der Waals surface area contributed by atoms with Crippen LogP contribution >= 0.6 is 8.38 Å². The van der Waals surface area contributed by atoms with E-state index in [0.717, 1.165) is 25.7 Å². The molecule has 2 rings (SSSR count). The highest BCUT2D eigenvalue weighted by atomic mass is 31.2. The van der Waals surface area contributed by atoms with E-state index in [1.165, 1.54) is 5.06 Å².